The summed E-state index contributed by atoms with van der Waals surface area (Å²) in [7, 11) is 3.33. The first-order chi connectivity index (χ1) is 13.7. The van der Waals surface area contributed by atoms with Gasteiger partial charge in [-0.1, -0.05) is 42.1 Å². The maximum Gasteiger partial charge on any atom is 0.193 e. The minimum absolute atomic E-state index is 0.761. The highest BCUT2D eigenvalue weighted by Crippen LogP contribution is 2.31. The van der Waals surface area contributed by atoms with Crippen LogP contribution in [0.25, 0.3) is 11.4 Å². The zero-order chi connectivity index (χ0) is 19.5. The van der Waals surface area contributed by atoms with Crippen LogP contribution in [-0.2, 0) is 13.1 Å². The Morgan fingerprint density at radius 2 is 1.86 bits per heavy atom. The fourth-order valence-corrected chi connectivity index (χ4v) is 4.30. The first-order valence-corrected chi connectivity index (χ1v) is 10.2. The Hall–Kier alpha value is -2.51. The number of hydrogen-bond donors (Lipinski definition) is 0. The second-order valence-corrected chi connectivity index (χ2v) is 7.71. The van der Waals surface area contributed by atoms with Crippen LogP contribution < -0.4 is 9.47 Å². The highest BCUT2D eigenvalue weighted by atomic mass is 32.2. The maximum atomic E-state index is 5.42. The summed E-state index contributed by atoms with van der Waals surface area (Å²) in [5.74, 6) is 3.39. The molecule has 0 fully saturated rings. The van der Waals surface area contributed by atoms with Gasteiger partial charge in [-0.15, -0.1) is 10.2 Å². The number of nitrogens with zero attached hydrogens (tertiary/aromatic N) is 4. The number of aryl methyl sites for hydroxylation is 1. The second kappa shape index (κ2) is 8.24. The third-order valence-corrected chi connectivity index (χ3v) is 6.04. The molecule has 1 aliphatic heterocycles. The summed E-state index contributed by atoms with van der Waals surface area (Å²) in [6.45, 7) is 3.86. The van der Waals surface area contributed by atoms with Crippen molar-refractivity contribution in [2.75, 3.05) is 26.6 Å². The van der Waals surface area contributed by atoms with E-state index in [4.69, 9.17) is 9.47 Å². The Kier molecular flexibility index (Phi) is 5.54. The summed E-state index contributed by atoms with van der Waals surface area (Å²) in [5, 5.41) is 9.83. The Bertz CT molecular complexity index is 973. The molecular weight excluding hydrogens is 372 g/mol. The SMILES string of the molecule is COc1ccc(CCN2CSc3nnc(-c4ccccc4C)n3C2)cc1OC. The van der Waals surface area contributed by atoms with Crippen molar-refractivity contribution in [2.24, 2.45) is 0 Å². The van der Waals surface area contributed by atoms with Crippen LogP contribution in [0.3, 0.4) is 0 Å². The van der Waals surface area contributed by atoms with E-state index in [0.29, 0.717) is 0 Å². The molecule has 2 heterocycles. The third-order valence-electron chi connectivity index (χ3n) is 4.99. The van der Waals surface area contributed by atoms with Crippen LogP contribution in [-0.4, -0.2) is 46.3 Å². The van der Waals surface area contributed by atoms with Gasteiger partial charge in [-0.25, -0.2) is 0 Å². The Morgan fingerprint density at radius 1 is 1.04 bits per heavy atom. The lowest BCUT2D eigenvalue weighted by Gasteiger charge is -2.28. The van der Waals surface area contributed by atoms with Crippen molar-refractivity contribution in [1.29, 1.82) is 0 Å². The van der Waals surface area contributed by atoms with E-state index in [2.05, 4.69) is 63.0 Å². The van der Waals surface area contributed by atoms with Gasteiger partial charge in [0, 0.05) is 12.1 Å². The molecule has 6 nitrogen and oxygen atoms in total. The van der Waals surface area contributed by atoms with Crippen molar-refractivity contribution in [2.45, 2.75) is 25.2 Å². The Balaban J connectivity index is 1.48. The summed E-state index contributed by atoms with van der Waals surface area (Å²) in [6.07, 6.45) is 0.943. The number of ether oxygens (including phenoxy) is 2. The molecule has 0 bridgehead atoms. The van der Waals surface area contributed by atoms with Crippen LogP contribution >= 0.6 is 11.8 Å². The van der Waals surface area contributed by atoms with Gasteiger partial charge in [-0.05, 0) is 36.6 Å². The molecule has 0 amide bonds. The summed E-state index contributed by atoms with van der Waals surface area (Å²) >= 11 is 1.74. The average Bonchev–Trinajstić information content (AvgIpc) is 3.15. The molecule has 7 heteroatoms. The van der Waals surface area contributed by atoms with Crippen molar-refractivity contribution >= 4 is 11.8 Å². The van der Waals surface area contributed by atoms with Crippen molar-refractivity contribution in [3.05, 3.63) is 53.6 Å². The molecule has 2 aromatic carbocycles. The fourth-order valence-electron chi connectivity index (χ4n) is 3.39. The average molecular weight is 397 g/mol. The van der Waals surface area contributed by atoms with E-state index in [1.807, 2.05) is 6.07 Å². The topological polar surface area (TPSA) is 52.4 Å². The number of methoxy groups -OCH3 is 2. The van der Waals surface area contributed by atoms with Gasteiger partial charge >= 0.3 is 0 Å². The summed E-state index contributed by atoms with van der Waals surface area (Å²) < 4.78 is 13.0. The quantitative estimate of drug-likeness (QED) is 0.631. The molecule has 0 saturated heterocycles. The minimum atomic E-state index is 0.761. The lowest BCUT2D eigenvalue weighted by atomic mass is 10.1. The predicted molar refractivity (Wildman–Crippen MR) is 111 cm³/mol. The number of fused-ring (bicyclic) bond motifs is 1. The van der Waals surface area contributed by atoms with Gasteiger partial charge in [0.25, 0.3) is 0 Å². The number of aromatic nitrogens is 3. The van der Waals surface area contributed by atoms with Gasteiger partial charge < -0.3 is 9.47 Å². The standard InChI is InChI=1S/C21H24N4O2S/c1-15-6-4-5-7-17(15)20-22-23-21-25(20)13-24(14-28-21)11-10-16-8-9-18(26-2)19(12-16)27-3/h4-9,12H,10-11,13-14H2,1-3H3. The van der Waals surface area contributed by atoms with E-state index >= 15 is 0 Å². The van der Waals surface area contributed by atoms with Crippen LogP contribution in [0, 0.1) is 6.92 Å². The van der Waals surface area contributed by atoms with Crippen LogP contribution in [0.5, 0.6) is 11.5 Å². The normalized spacial score (nSPS) is 14.0. The Morgan fingerprint density at radius 3 is 2.64 bits per heavy atom. The molecule has 1 aromatic heterocycles. The molecule has 0 saturated carbocycles. The monoisotopic (exact) mass is 396 g/mol. The van der Waals surface area contributed by atoms with Gasteiger partial charge in [0.1, 0.15) is 0 Å². The molecule has 0 unspecified atom stereocenters. The largest absolute Gasteiger partial charge is 0.493 e. The fraction of sp³-hybridized carbons (Fsp3) is 0.333. The molecule has 0 aliphatic carbocycles. The van der Waals surface area contributed by atoms with Gasteiger partial charge in [0.2, 0.25) is 0 Å². The predicted octanol–water partition coefficient (Wildman–Crippen LogP) is 3.84. The highest BCUT2D eigenvalue weighted by Gasteiger charge is 2.23. The molecule has 0 radical (unpaired) electrons. The van der Waals surface area contributed by atoms with E-state index in [1.54, 1.807) is 26.0 Å². The maximum absolute atomic E-state index is 5.42. The van der Waals surface area contributed by atoms with Gasteiger partial charge in [-0.2, -0.15) is 0 Å². The van der Waals surface area contributed by atoms with Crippen LogP contribution in [0.2, 0.25) is 0 Å². The van der Waals surface area contributed by atoms with E-state index in [9.17, 15) is 0 Å². The van der Waals surface area contributed by atoms with Crippen molar-refractivity contribution in [3.8, 4) is 22.9 Å². The van der Waals surface area contributed by atoms with E-state index in [0.717, 1.165) is 53.6 Å². The summed E-state index contributed by atoms with van der Waals surface area (Å²) in [4.78, 5) is 2.42. The summed E-state index contributed by atoms with van der Waals surface area (Å²) in [5.41, 5.74) is 3.59. The molecule has 1 aliphatic rings. The zero-order valence-corrected chi connectivity index (χ0v) is 17.2. The molecule has 146 valence electrons. The minimum Gasteiger partial charge on any atom is -0.493 e. The molecule has 28 heavy (non-hydrogen) atoms. The Labute approximate surface area is 169 Å². The van der Waals surface area contributed by atoms with Crippen LogP contribution in [0.1, 0.15) is 11.1 Å². The molecule has 4 rings (SSSR count). The second-order valence-electron chi connectivity index (χ2n) is 6.80. The van der Waals surface area contributed by atoms with Gasteiger partial charge in [0.15, 0.2) is 22.5 Å². The van der Waals surface area contributed by atoms with Gasteiger partial charge in [-0.3, -0.25) is 9.47 Å². The van der Waals surface area contributed by atoms with Crippen LogP contribution in [0.4, 0.5) is 0 Å². The number of benzene rings is 2. The van der Waals surface area contributed by atoms with Gasteiger partial charge in [0.05, 0.1) is 26.8 Å². The number of hydrogen-bond acceptors (Lipinski definition) is 6. The zero-order valence-electron chi connectivity index (χ0n) is 16.4. The number of thioether (sulfide) groups is 1. The molecule has 0 spiro atoms. The lowest BCUT2D eigenvalue weighted by molar-refractivity contribution is 0.242. The summed E-state index contributed by atoms with van der Waals surface area (Å²) in [6, 6.07) is 14.4. The van der Waals surface area contributed by atoms with E-state index in [-0.39, 0.29) is 0 Å². The molecule has 3 aromatic rings. The molecule has 0 N–H and O–H groups in total. The first-order valence-electron chi connectivity index (χ1n) is 9.25. The smallest absolute Gasteiger partial charge is 0.193 e. The van der Waals surface area contributed by atoms with Crippen molar-refractivity contribution in [3.63, 3.8) is 0 Å². The first kappa shape index (κ1) is 18.8. The molecular formula is C21H24N4O2S. The van der Waals surface area contributed by atoms with Crippen molar-refractivity contribution in [1.82, 2.24) is 19.7 Å². The van der Waals surface area contributed by atoms with Crippen molar-refractivity contribution < 1.29 is 9.47 Å². The lowest BCUT2D eigenvalue weighted by Crippen LogP contribution is -2.32. The third kappa shape index (κ3) is 3.72. The highest BCUT2D eigenvalue weighted by molar-refractivity contribution is 7.99. The van der Waals surface area contributed by atoms with E-state index < -0.39 is 0 Å². The number of rotatable bonds is 6. The van der Waals surface area contributed by atoms with E-state index in [1.165, 1.54) is 11.1 Å². The molecule has 0 atom stereocenters. The van der Waals surface area contributed by atoms with Crippen LogP contribution in [0.15, 0.2) is 47.6 Å².